The number of hydrogen-bond acceptors (Lipinski definition) is 3. The largest absolute Gasteiger partial charge is 0.376 e. The van der Waals surface area contributed by atoms with Crippen molar-refractivity contribution in [3.8, 4) is 0 Å². The van der Waals surface area contributed by atoms with E-state index in [0.717, 1.165) is 19.6 Å². The number of hydrogen-bond donors (Lipinski definition) is 0. The number of anilines is 5. The standard InChI is InChI=1S/C26H22N2O/c1-2-8-21(9-3-1)27-23-10-4-6-12-25(23)28(26-13-7-5-11-24(26)27)22-15-14-19-17-29-18-20(19)16-22/h1-15,20H,16-18H2/t20-/m1/s1. The van der Waals surface area contributed by atoms with E-state index >= 15 is 0 Å². The van der Waals surface area contributed by atoms with Gasteiger partial charge in [-0.1, -0.05) is 48.5 Å². The van der Waals surface area contributed by atoms with E-state index in [2.05, 4.69) is 101 Å². The summed E-state index contributed by atoms with van der Waals surface area (Å²) in [7, 11) is 0. The summed E-state index contributed by atoms with van der Waals surface area (Å²) < 4.78 is 5.71. The Labute approximate surface area is 171 Å². The molecule has 29 heavy (non-hydrogen) atoms. The van der Waals surface area contributed by atoms with Crippen molar-refractivity contribution in [1.82, 2.24) is 0 Å². The van der Waals surface area contributed by atoms with Crippen molar-refractivity contribution in [3.05, 3.63) is 102 Å². The van der Waals surface area contributed by atoms with Gasteiger partial charge in [-0.2, -0.15) is 0 Å². The number of benzene rings is 3. The van der Waals surface area contributed by atoms with Gasteiger partial charge in [0.15, 0.2) is 0 Å². The molecular weight excluding hydrogens is 356 g/mol. The van der Waals surface area contributed by atoms with Crippen LogP contribution in [0.25, 0.3) is 0 Å². The highest BCUT2D eigenvalue weighted by Gasteiger charge is 2.33. The third-order valence-corrected chi connectivity index (χ3v) is 6.09. The molecule has 0 spiro atoms. The SMILES string of the molecule is C1=C2COC[C@H]2CC(N2c3ccccc3N(c3ccccc3)c3ccccc32)=C1. The second-order valence-electron chi connectivity index (χ2n) is 7.80. The van der Waals surface area contributed by atoms with Gasteiger partial charge in [0.1, 0.15) is 0 Å². The third-order valence-electron chi connectivity index (χ3n) is 6.09. The molecule has 0 N–H and O–H groups in total. The van der Waals surface area contributed by atoms with Crippen LogP contribution in [0, 0.1) is 5.92 Å². The maximum atomic E-state index is 5.71. The first kappa shape index (κ1) is 16.6. The predicted molar refractivity (Wildman–Crippen MR) is 118 cm³/mol. The van der Waals surface area contributed by atoms with Crippen LogP contribution >= 0.6 is 0 Å². The average Bonchev–Trinajstić information content (AvgIpc) is 3.26. The topological polar surface area (TPSA) is 15.7 Å². The molecule has 0 unspecified atom stereocenters. The zero-order valence-corrected chi connectivity index (χ0v) is 16.2. The summed E-state index contributed by atoms with van der Waals surface area (Å²) in [5.41, 5.74) is 8.78. The molecule has 6 rings (SSSR count). The van der Waals surface area contributed by atoms with Crippen LogP contribution in [-0.4, -0.2) is 13.2 Å². The number of ether oxygens (including phenoxy) is 1. The smallest absolute Gasteiger partial charge is 0.0703 e. The zero-order valence-electron chi connectivity index (χ0n) is 16.2. The number of fused-ring (bicyclic) bond motifs is 3. The molecule has 3 aromatic carbocycles. The second-order valence-corrected chi connectivity index (χ2v) is 7.80. The van der Waals surface area contributed by atoms with Crippen LogP contribution < -0.4 is 9.80 Å². The molecule has 0 amide bonds. The first-order valence-electron chi connectivity index (χ1n) is 10.2. The predicted octanol–water partition coefficient (Wildman–Crippen LogP) is 6.47. The molecule has 3 aliphatic rings. The number of nitrogens with zero attached hydrogens (tertiary/aromatic N) is 2. The molecule has 2 heterocycles. The van der Waals surface area contributed by atoms with E-state index in [1.165, 1.54) is 39.7 Å². The van der Waals surface area contributed by atoms with Crippen molar-refractivity contribution in [3.63, 3.8) is 0 Å². The molecule has 3 heteroatoms. The van der Waals surface area contributed by atoms with Gasteiger partial charge in [-0.05, 0) is 54.5 Å². The van der Waals surface area contributed by atoms with Crippen LogP contribution in [0.5, 0.6) is 0 Å². The molecule has 1 fully saturated rings. The van der Waals surface area contributed by atoms with Crippen LogP contribution in [0.4, 0.5) is 28.4 Å². The van der Waals surface area contributed by atoms with Crippen LogP contribution in [0.15, 0.2) is 102 Å². The Morgan fingerprint density at radius 1 is 0.655 bits per heavy atom. The summed E-state index contributed by atoms with van der Waals surface area (Å²) in [6.45, 7) is 1.61. The molecule has 142 valence electrons. The van der Waals surface area contributed by atoms with Crippen molar-refractivity contribution in [2.24, 2.45) is 5.92 Å². The normalized spacial score (nSPS) is 19.8. The fourth-order valence-corrected chi connectivity index (χ4v) is 4.72. The Hall–Kier alpha value is -3.30. The van der Waals surface area contributed by atoms with Crippen LogP contribution in [0.1, 0.15) is 6.42 Å². The van der Waals surface area contributed by atoms with Crippen molar-refractivity contribution < 1.29 is 4.74 Å². The maximum absolute atomic E-state index is 5.71. The first-order chi connectivity index (χ1) is 14.4. The number of para-hydroxylation sites is 5. The Morgan fingerprint density at radius 3 is 1.90 bits per heavy atom. The lowest BCUT2D eigenvalue weighted by Crippen LogP contribution is -2.28. The Kier molecular flexibility index (Phi) is 3.81. The summed E-state index contributed by atoms with van der Waals surface area (Å²) in [6, 6.07) is 28.0. The van der Waals surface area contributed by atoms with Gasteiger partial charge < -0.3 is 14.5 Å². The summed E-state index contributed by atoms with van der Waals surface area (Å²) in [4.78, 5) is 4.81. The summed E-state index contributed by atoms with van der Waals surface area (Å²) >= 11 is 0. The Morgan fingerprint density at radius 2 is 1.24 bits per heavy atom. The van der Waals surface area contributed by atoms with Crippen molar-refractivity contribution in [2.45, 2.75) is 6.42 Å². The lowest BCUT2D eigenvalue weighted by Gasteiger charge is -2.42. The van der Waals surface area contributed by atoms with Crippen molar-refractivity contribution in [2.75, 3.05) is 23.0 Å². The zero-order chi connectivity index (χ0) is 19.2. The van der Waals surface area contributed by atoms with Gasteiger partial charge in [0.2, 0.25) is 0 Å². The van der Waals surface area contributed by atoms with Crippen LogP contribution in [-0.2, 0) is 4.74 Å². The fourth-order valence-electron chi connectivity index (χ4n) is 4.72. The molecule has 1 saturated heterocycles. The van der Waals surface area contributed by atoms with Gasteiger partial charge in [0, 0.05) is 17.3 Å². The van der Waals surface area contributed by atoms with Gasteiger partial charge in [0.05, 0.1) is 36.0 Å². The first-order valence-corrected chi connectivity index (χ1v) is 10.2. The minimum atomic E-state index is 0.501. The molecule has 3 nitrogen and oxygen atoms in total. The quantitative estimate of drug-likeness (QED) is 0.508. The van der Waals surface area contributed by atoms with E-state index in [4.69, 9.17) is 4.74 Å². The molecule has 1 atom stereocenters. The van der Waals surface area contributed by atoms with E-state index in [1.54, 1.807) is 0 Å². The van der Waals surface area contributed by atoms with E-state index in [0.29, 0.717) is 5.92 Å². The molecule has 0 bridgehead atoms. The number of rotatable bonds is 2. The van der Waals surface area contributed by atoms with E-state index in [-0.39, 0.29) is 0 Å². The monoisotopic (exact) mass is 378 g/mol. The lowest BCUT2D eigenvalue weighted by atomic mass is 9.91. The van der Waals surface area contributed by atoms with E-state index in [9.17, 15) is 0 Å². The Balaban J connectivity index is 1.55. The Bertz CT molecular complexity index is 1080. The summed E-state index contributed by atoms with van der Waals surface area (Å²) in [6.07, 6.45) is 5.57. The summed E-state index contributed by atoms with van der Waals surface area (Å²) in [5, 5.41) is 0. The molecule has 1 aliphatic carbocycles. The highest BCUT2D eigenvalue weighted by Crippen LogP contribution is 2.53. The van der Waals surface area contributed by atoms with Crippen LogP contribution in [0.3, 0.4) is 0 Å². The van der Waals surface area contributed by atoms with Gasteiger partial charge in [0.25, 0.3) is 0 Å². The lowest BCUT2D eigenvalue weighted by molar-refractivity contribution is 0.188. The molecule has 0 radical (unpaired) electrons. The van der Waals surface area contributed by atoms with Gasteiger partial charge in [-0.3, -0.25) is 0 Å². The fraction of sp³-hybridized carbons (Fsp3) is 0.154. The molecule has 0 aromatic heterocycles. The third kappa shape index (κ3) is 2.62. The minimum Gasteiger partial charge on any atom is -0.376 e. The molecule has 0 saturated carbocycles. The second kappa shape index (κ2) is 6.64. The van der Waals surface area contributed by atoms with Crippen molar-refractivity contribution >= 4 is 28.4 Å². The maximum Gasteiger partial charge on any atom is 0.0703 e. The molecule has 3 aromatic rings. The average molecular weight is 378 g/mol. The van der Waals surface area contributed by atoms with E-state index in [1.807, 2.05) is 0 Å². The van der Waals surface area contributed by atoms with Gasteiger partial charge in [-0.15, -0.1) is 0 Å². The van der Waals surface area contributed by atoms with Crippen molar-refractivity contribution in [1.29, 1.82) is 0 Å². The summed E-state index contributed by atoms with van der Waals surface area (Å²) in [5.74, 6) is 0.501. The van der Waals surface area contributed by atoms with Gasteiger partial charge >= 0.3 is 0 Å². The molecule has 2 aliphatic heterocycles. The van der Waals surface area contributed by atoms with Gasteiger partial charge in [-0.25, -0.2) is 0 Å². The van der Waals surface area contributed by atoms with E-state index < -0.39 is 0 Å². The number of allylic oxidation sites excluding steroid dienone is 3. The highest BCUT2D eigenvalue weighted by molar-refractivity contribution is 5.99. The molecular formula is C26H22N2O. The minimum absolute atomic E-state index is 0.501. The highest BCUT2D eigenvalue weighted by atomic mass is 16.5. The van der Waals surface area contributed by atoms with Crippen LogP contribution in [0.2, 0.25) is 0 Å².